The van der Waals surface area contributed by atoms with Crippen LogP contribution in [0.3, 0.4) is 0 Å². The Labute approximate surface area is 139 Å². The molecule has 1 aliphatic heterocycles. The van der Waals surface area contributed by atoms with Gasteiger partial charge in [-0.15, -0.1) is 0 Å². The maximum Gasteiger partial charge on any atom is 0.261 e. The first-order valence-corrected chi connectivity index (χ1v) is 7.73. The molecule has 0 radical (unpaired) electrons. The zero-order chi connectivity index (χ0) is 16.5. The minimum absolute atomic E-state index is 0.173. The number of fused-ring (bicyclic) bond motifs is 1. The fourth-order valence-corrected chi connectivity index (χ4v) is 2.94. The van der Waals surface area contributed by atoms with Gasteiger partial charge >= 0.3 is 0 Å². The zero-order valence-electron chi connectivity index (χ0n) is 12.9. The smallest absolute Gasteiger partial charge is 0.261 e. The number of imidazole rings is 1. The molecule has 0 aliphatic carbocycles. The number of carbonyl (C=O) groups excluding carboxylic acids is 2. The van der Waals surface area contributed by atoms with Crippen LogP contribution in [-0.4, -0.2) is 26.3 Å². The maximum absolute atomic E-state index is 12.5. The summed E-state index contributed by atoms with van der Waals surface area (Å²) in [5.41, 5.74) is 2.06. The van der Waals surface area contributed by atoms with Gasteiger partial charge in [-0.05, 0) is 17.7 Å². The molecule has 0 saturated heterocycles. The highest BCUT2D eigenvalue weighted by Gasteiger charge is 2.35. The van der Waals surface area contributed by atoms with Crippen molar-refractivity contribution >= 4 is 11.8 Å². The van der Waals surface area contributed by atoms with Crippen molar-refractivity contribution in [2.24, 2.45) is 0 Å². The van der Waals surface area contributed by atoms with Gasteiger partial charge in [-0.3, -0.25) is 14.5 Å². The van der Waals surface area contributed by atoms with E-state index in [1.165, 1.54) is 4.90 Å². The molecule has 2 aromatic carbocycles. The minimum atomic E-state index is -0.259. The number of benzene rings is 2. The van der Waals surface area contributed by atoms with E-state index < -0.39 is 0 Å². The van der Waals surface area contributed by atoms with Crippen LogP contribution in [0.4, 0.5) is 0 Å². The summed E-state index contributed by atoms with van der Waals surface area (Å²) < 4.78 is 1.96. The highest BCUT2D eigenvalue weighted by molar-refractivity contribution is 6.21. The Kier molecular flexibility index (Phi) is 3.46. The Balaban J connectivity index is 1.58. The molecule has 1 aromatic heterocycles. The van der Waals surface area contributed by atoms with E-state index in [0.29, 0.717) is 23.5 Å². The largest absolute Gasteiger partial charge is 0.329 e. The Morgan fingerprint density at radius 1 is 0.792 bits per heavy atom. The second kappa shape index (κ2) is 5.77. The summed E-state index contributed by atoms with van der Waals surface area (Å²) in [5, 5.41) is 0. The third kappa shape index (κ3) is 2.40. The van der Waals surface area contributed by atoms with Crippen molar-refractivity contribution < 1.29 is 9.59 Å². The summed E-state index contributed by atoms with van der Waals surface area (Å²) in [6, 6.07) is 16.9. The van der Waals surface area contributed by atoms with Crippen LogP contribution >= 0.6 is 0 Å². The average molecular weight is 317 g/mol. The maximum atomic E-state index is 12.5. The molecular weight excluding hydrogens is 302 g/mol. The van der Waals surface area contributed by atoms with Crippen LogP contribution in [0.5, 0.6) is 0 Å². The first-order valence-electron chi connectivity index (χ1n) is 7.73. The van der Waals surface area contributed by atoms with Crippen molar-refractivity contribution in [2.75, 3.05) is 0 Å². The van der Waals surface area contributed by atoms with E-state index in [9.17, 15) is 9.59 Å². The normalized spacial score (nSPS) is 13.4. The molecule has 24 heavy (non-hydrogen) atoms. The van der Waals surface area contributed by atoms with Crippen LogP contribution in [0.15, 0.2) is 67.0 Å². The SMILES string of the molecule is O=C1c2ccccc2C(=O)N1Cc1nccn1Cc1ccccc1. The van der Waals surface area contributed by atoms with Crippen LogP contribution in [0.2, 0.25) is 0 Å². The first kappa shape index (κ1) is 14.4. The standard InChI is InChI=1S/C19H15N3O2/c23-18-15-8-4-5-9-16(15)19(24)22(18)13-17-20-10-11-21(17)12-14-6-2-1-3-7-14/h1-11H,12-13H2. The number of rotatable bonds is 4. The van der Waals surface area contributed by atoms with Crippen molar-refractivity contribution in [3.63, 3.8) is 0 Å². The van der Waals surface area contributed by atoms with Gasteiger partial charge in [-0.2, -0.15) is 0 Å². The molecule has 0 fully saturated rings. The predicted octanol–water partition coefficient (Wildman–Crippen LogP) is 2.73. The summed E-state index contributed by atoms with van der Waals surface area (Å²) in [6.07, 6.45) is 3.55. The van der Waals surface area contributed by atoms with E-state index in [4.69, 9.17) is 0 Å². The van der Waals surface area contributed by atoms with Crippen LogP contribution in [0.25, 0.3) is 0 Å². The third-order valence-electron chi connectivity index (χ3n) is 4.18. The Morgan fingerprint density at radius 2 is 1.42 bits per heavy atom. The molecule has 0 atom stereocenters. The lowest BCUT2D eigenvalue weighted by molar-refractivity contribution is 0.0637. The molecule has 1 aliphatic rings. The molecule has 0 spiro atoms. The molecule has 2 amide bonds. The van der Waals surface area contributed by atoms with E-state index in [-0.39, 0.29) is 18.4 Å². The van der Waals surface area contributed by atoms with E-state index >= 15 is 0 Å². The number of amides is 2. The quantitative estimate of drug-likeness (QED) is 0.695. The van der Waals surface area contributed by atoms with Crippen molar-refractivity contribution in [3.05, 3.63) is 89.5 Å². The first-order chi connectivity index (χ1) is 11.7. The summed E-state index contributed by atoms with van der Waals surface area (Å²) in [5.74, 6) is 0.170. The van der Waals surface area contributed by atoms with Gasteiger partial charge in [0.15, 0.2) is 0 Å². The molecule has 2 heterocycles. The topological polar surface area (TPSA) is 55.2 Å². The molecule has 0 N–H and O–H groups in total. The third-order valence-corrected chi connectivity index (χ3v) is 4.18. The summed E-state index contributed by atoms with van der Waals surface area (Å²) >= 11 is 0. The van der Waals surface area contributed by atoms with Gasteiger partial charge in [0, 0.05) is 18.9 Å². The fourth-order valence-electron chi connectivity index (χ4n) is 2.94. The summed E-state index contributed by atoms with van der Waals surface area (Å²) in [4.78, 5) is 30.5. The van der Waals surface area contributed by atoms with E-state index in [1.807, 2.05) is 41.1 Å². The number of aromatic nitrogens is 2. The molecule has 0 unspecified atom stereocenters. The van der Waals surface area contributed by atoms with Gasteiger partial charge in [0.2, 0.25) is 0 Å². The summed E-state index contributed by atoms with van der Waals surface area (Å²) in [6.45, 7) is 0.825. The Morgan fingerprint density at radius 3 is 2.08 bits per heavy atom. The highest BCUT2D eigenvalue weighted by atomic mass is 16.2. The van der Waals surface area contributed by atoms with Crippen molar-refractivity contribution in [1.29, 1.82) is 0 Å². The van der Waals surface area contributed by atoms with Crippen LogP contribution in [0.1, 0.15) is 32.1 Å². The average Bonchev–Trinajstić information content (AvgIpc) is 3.15. The molecule has 5 heteroatoms. The zero-order valence-corrected chi connectivity index (χ0v) is 12.9. The molecule has 5 nitrogen and oxygen atoms in total. The fraction of sp³-hybridized carbons (Fsp3) is 0.105. The lowest BCUT2D eigenvalue weighted by atomic mass is 10.1. The Bertz CT molecular complexity index is 880. The van der Waals surface area contributed by atoms with Crippen molar-refractivity contribution in [1.82, 2.24) is 14.5 Å². The molecule has 4 rings (SSSR count). The number of imide groups is 1. The second-order valence-corrected chi connectivity index (χ2v) is 5.70. The van der Waals surface area contributed by atoms with Gasteiger partial charge in [0.1, 0.15) is 5.82 Å². The van der Waals surface area contributed by atoms with Gasteiger partial charge in [-0.25, -0.2) is 4.98 Å². The number of hydrogen-bond donors (Lipinski definition) is 0. The lowest BCUT2D eigenvalue weighted by Gasteiger charge is -2.15. The van der Waals surface area contributed by atoms with Gasteiger partial charge in [-0.1, -0.05) is 42.5 Å². The molecule has 0 bridgehead atoms. The van der Waals surface area contributed by atoms with Gasteiger partial charge < -0.3 is 4.57 Å². The monoisotopic (exact) mass is 317 g/mol. The minimum Gasteiger partial charge on any atom is -0.329 e. The molecular formula is C19H15N3O2. The van der Waals surface area contributed by atoms with Crippen LogP contribution in [0, 0.1) is 0 Å². The summed E-state index contributed by atoms with van der Waals surface area (Å²) in [7, 11) is 0. The number of hydrogen-bond acceptors (Lipinski definition) is 3. The van der Waals surface area contributed by atoms with Crippen LogP contribution in [-0.2, 0) is 13.1 Å². The van der Waals surface area contributed by atoms with Crippen molar-refractivity contribution in [2.45, 2.75) is 13.1 Å². The lowest BCUT2D eigenvalue weighted by Crippen LogP contribution is -2.30. The van der Waals surface area contributed by atoms with Crippen molar-refractivity contribution in [3.8, 4) is 0 Å². The van der Waals surface area contributed by atoms with Gasteiger partial charge in [0.25, 0.3) is 11.8 Å². The molecule has 0 saturated carbocycles. The van der Waals surface area contributed by atoms with Crippen LogP contribution < -0.4 is 0 Å². The number of carbonyl (C=O) groups is 2. The van der Waals surface area contributed by atoms with E-state index in [1.54, 1.807) is 30.5 Å². The Hall–Kier alpha value is -3.21. The highest BCUT2D eigenvalue weighted by Crippen LogP contribution is 2.24. The number of nitrogens with zero attached hydrogens (tertiary/aromatic N) is 3. The second-order valence-electron chi connectivity index (χ2n) is 5.70. The molecule has 118 valence electrons. The molecule has 3 aromatic rings. The van der Waals surface area contributed by atoms with Gasteiger partial charge in [0.05, 0.1) is 17.7 Å². The predicted molar refractivity (Wildman–Crippen MR) is 88.4 cm³/mol. The van der Waals surface area contributed by atoms with E-state index in [2.05, 4.69) is 4.98 Å². The van der Waals surface area contributed by atoms with E-state index in [0.717, 1.165) is 5.56 Å².